The number of aromatic nitrogens is 3. The molecule has 0 saturated carbocycles. The second kappa shape index (κ2) is 7.40. The summed E-state index contributed by atoms with van der Waals surface area (Å²) in [7, 11) is 0. The monoisotopic (exact) mass is 356 g/mol. The Morgan fingerprint density at radius 1 is 1.24 bits per heavy atom. The van der Waals surface area contributed by atoms with Crippen LogP contribution in [0.3, 0.4) is 0 Å². The average molecular weight is 356 g/mol. The van der Waals surface area contributed by atoms with Crippen LogP contribution in [0.25, 0.3) is 11.4 Å². The van der Waals surface area contributed by atoms with Crippen molar-refractivity contribution in [3.63, 3.8) is 0 Å². The lowest BCUT2D eigenvalue weighted by Crippen LogP contribution is -2.15. The molecule has 2 aromatic carbocycles. The Bertz CT molecular complexity index is 946. The van der Waals surface area contributed by atoms with Crippen LogP contribution in [0.4, 0.5) is 10.1 Å². The first kappa shape index (κ1) is 17.0. The molecular formula is C18H17FN4OS. The lowest BCUT2D eigenvalue weighted by molar-refractivity contribution is -0.116. The predicted molar refractivity (Wildman–Crippen MR) is 97.2 cm³/mol. The Balaban J connectivity index is 1.72. The van der Waals surface area contributed by atoms with Gasteiger partial charge in [0.1, 0.15) is 5.82 Å². The van der Waals surface area contributed by atoms with Crippen molar-refractivity contribution in [3.05, 3.63) is 64.7 Å². The summed E-state index contributed by atoms with van der Waals surface area (Å²) in [5.41, 5.74) is 2.53. The second-order valence-electron chi connectivity index (χ2n) is 5.62. The smallest absolute Gasteiger partial charge is 0.226 e. The van der Waals surface area contributed by atoms with Gasteiger partial charge >= 0.3 is 0 Å². The first-order valence-electron chi connectivity index (χ1n) is 7.81. The number of rotatable bonds is 5. The van der Waals surface area contributed by atoms with Gasteiger partial charge in [0.15, 0.2) is 10.6 Å². The number of H-pyrrole nitrogens is 1. The summed E-state index contributed by atoms with van der Waals surface area (Å²) in [6.45, 7) is 2.31. The van der Waals surface area contributed by atoms with Crippen LogP contribution < -0.4 is 5.32 Å². The first-order chi connectivity index (χ1) is 12.0. The Labute approximate surface area is 149 Å². The zero-order valence-corrected chi connectivity index (χ0v) is 14.4. The van der Waals surface area contributed by atoms with Crippen molar-refractivity contribution in [2.45, 2.75) is 19.9 Å². The molecule has 0 atom stereocenters. The van der Waals surface area contributed by atoms with E-state index < -0.39 is 0 Å². The maximum Gasteiger partial charge on any atom is 0.226 e. The zero-order chi connectivity index (χ0) is 17.8. The van der Waals surface area contributed by atoms with Gasteiger partial charge in [-0.1, -0.05) is 18.2 Å². The van der Waals surface area contributed by atoms with Gasteiger partial charge in [0.05, 0.1) is 0 Å². The lowest BCUT2D eigenvalue weighted by atomic mass is 10.2. The second-order valence-corrected chi connectivity index (χ2v) is 6.01. The third-order valence-corrected chi connectivity index (χ3v) is 4.15. The van der Waals surface area contributed by atoms with E-state index in [0.29, 0.717) is 17.1 Å². The van der Waals surface area contributed by atoms with Gasteiger partial charge in [0.25, 0.3) is 0 Å². The number of nitrogens with zero attached hydrogens (tertiary/aromatic N) is 2. The molecule has 0 saturated heterocycles. The van der Waals surface area contributed by atoms with Gasteiger partial charge in [-0.05, 0) is 55.0 Å². The van der Waals surface area contributed by atoms with Crippen LogP contribution in [0.1, 0.15) is 12.0 Å². The number of aryl methyl sites for hydroxylation is 1. The van der Waals surface area contributed by atoms with Gasteiger partial charge < -0.3 is 5.32 Å². The minimum atomic E-state index is -0.318. The van der Waals surface area contributed by atoms with E-state index in [1.807, 2.05) is 31.2 Å². The highest BCUT2D eigenvalue weighted by atomic mass is 32.1. The molecule has 25 heavy (non-hydrogen) atoms. The summed E-state index contributed by atoms with van der Waals surface area (Å²) in [5, 5.41) is 9.80. The molecule has 3 rings (SSSR count). The summed E-state index contributed by atoms with van der Waals surface area (Å²) in [4.78, 5) is 12.2. The molecule has 1 amide bonds. The number of carbonyl (C=O) groups excluding carboxylic acids is 1. The Morgan fingerprint density at radius 2 is 1.96 bits per heavy atom. The van der Waals surface area contributed by atoms with Crippen LogP contribution >= 0.6 is 12.2 Å². The number of halogens is 1. The zero-order valence-electron chi connectivity index (χ0n) is 13.6. The number of benzene rings is 2. The highest BCUT2D eigenvalue weighted by Gasteiger charge is 2.11. The molecule has 128 valence electrons. The van der Waals surface area contributed by atoms with E-state index in [-0.39, 0.29) is 18.1 Å². The van der Waals surface area contributed by atoms with Crippen molar-refractivity contribution >= 4 is 23.8 Å². The predicted octanol–water partition coefficient (Wildman–Crippen LogP) is 4.08. The van der Waals surface area contributed by atoms with Crippen LogP contribution in [0.5, 0.6) is 0 Å². The number of anilines is 1. The van der Waals surface area contributed by atoms with Crippen LogP contribution in [0, 0.1) is 17.5 Å². The van der Waals surface area contributed by atoms with Crippen molar-refractivity contribution in [2.75, 3.05) is 5.32 Å². The largest absolute Gasteiger partial charge is 0.326 e. The van der Waals surface area contributed by atoms with E-state index in [4.69, 9.17) is 12.2 Å². The third kappa shape index (κ3) is 4.00. The van der Waals surface area contributed by atoms with Crippen LogP contribution in [0.15, 0.2) is 48.5 Å². The SMILES string of the molecule is Cc1ccccc1NC(=O)CCn1c(-c2ccc(F)cc2)n[nH]c1=S. The molecule has 0 aliphatic rings. The number of nitrogens with one attached hydrogen (secondary N) is 2. The minimum absolute atomic E-state index is 0.109. The molecule has 0 radical (unpaired) electrons. The van der Waals surface area contributed by atoms with Gasteiger partial charge in [0.2, 0.25) is 5.91 Å². The molecule has 5 nitrogen and oxygen atoms in total. The van der Waals surface area contributed by atoms with E-state index in [9.17, 15) is 9.18 Å². The van der Waals surface area contributed by atoms with Gasteiger partial charge in [0, 0.05) is 24.2 Å². The molecule has 0 aliphatic heterocycles. The fraction of sp³-hybridized carbons (Fsp3) is 0.167. The van der Waals surface area contributed by atoms with Crippen molar-refractivity contribution in [1.82, 2.24) is 14.8 Å². The summed E-state index contributed by atoms with van der Waals surface area (Å²) < 4.78 is 15.2. The standard InChI is InChI=1S/C18H17FN4OS/c1-12-4-2-3-5-15(12)20-16(24)10-11-23-17(21-22-18(23)25)13-6-8-14(19)9-7-13/h2-9H,10-11H2,1H3,(H,20,24)(H,22,25). The minimum Gasteiger partial charge on any atom is -0.326 e. The van der Waals surface area contributed by atoms with Crippen LogP contribution in [-0.2, 0) is 11.3 Å². The number of hydrogen-bond donors (Lipinski definition) is 2. The molecule has 0 spiro atoms. The number of hydrogen-bond acceptors (Lipinski definition) is 3. The van der Waals surface area contributed by atoms with Crippen molar-refractivity contribution in [2.24, 2.45) is 0 Å². The fourth-order valence-electron chi connectivity index (χ4n) is 2.48. The Kier molecular flexibility index (Phi) is 5.04. The van der Waals surface area contributed by atoms with E-state index in [2.05, 4.69) is 15.5 Å². The lowest BCUT2D eigenvalue weighted by Gasteiger charge is -2.09. The number of amides is 1. The average Bonchev–Trinajstić information content (AvgIpc) is 2.96. The third-order valence-electron chi connectivity index (χ3n) is 3.84. The Morgan fingerprint density at radius 3 is 2.68 bits per heavy atom. The normalized spacial score (nSPS) is 10.6. The molecule has 3 aromatic rings. The van der Waals surface area contributed by atoms with E-state index in [0.717, 1.165) is 16.8 Å². The van der Waals surface area contributed by atoms with Crippen molar-refractivity contribution in [1.29, 1.82) is 0 Å². The van der Waals surface area contributed by atoms with E-state index >= 15 is 0 Å². The van der Waals surface area contributed by atoms with Gasteiger partial charge in [-0.3, -0.25) is 14.5 Å². The molecule has 0 fully saturated rings. The van der Waals surface area contributed by atoms with Crippen LogP contribution in [-0.4, -0.2) is 20.7 Å². The van der Waals surface area contributed by atoms with Crippen molar-refractivity contribution < 1.29 is 9.18 Å². The summed E-state index contributed by atoms with van der Waals surface area (Å²) in [6.07, 6.45) is 0.246. The maximum atomic E-state index is 13.1. The summed E-state index contributed by atoms with van der Waals surface area (Å²) in [6, 6.07) is 13.6. The Hall–Kier alpha value is -2.80. The van der Waals surface area contributed by atoms with Gasteiger partial charge in [-0.15, -0.1) is 0 Å². The molecule has 0 bridgehead atoms. The molecule has 2 N–H and O–H groups in total. The number of para-hydroxylation sites is 1. The molecular weight excluding hydrogens is 339 g/mol. The van der Waals surface area contributed by atoms with E-state index in [1.54, 1.807) is 16.7 Å². The topological polar surface area (TPSA) is 62.7 Å². The van der Waals surface area contributed by atoms with Crippen molar-refractivity contribution in [3.8, 4) is 11.4 Å². The molecule has 7 heteroatoms. The van der Waals surface area contributed by atoms with E-state index in [1.165, 1.54) is 12.1 Å². The molecule has 1 heterocycles. The van der Waals surface area contributed by atoms with Gasteiger partial charge in [-0.25, -0.2) is 4.39 Å². The quantitative estimate of drug-likeness (QED) is 0.677. The number of carbonyl (C=O) groups is 1. The number of aromatic amines is 1. The summed E-state index contributed by atoms with van der Waals surface area (Å²) >= 11 is 5.24. The van der Waals surface area contributed by atoms with Gasteiger partial charge in [-0.2, -0.15) is 5.10 Å². The summed E-state index contributed by atoms with van der Waals surface area (Å²) in [5.74, 6) is 0.151. The molecule has 0 unspecified atom stereocenters. The highest BCUT2D eigenvalue weighted by Crippen LogP contribution is 2.18. The molecule has 1 aromatic heterocycles. The van der Waals surface area contributed by atoms with Crippen LogP contribution in [0.2, 0.25) is 0 Å². The maximum absolute atomic E-state index is 13.1. The molecule has 0 aliphatic carbocycles. The highest BCUT2D eigenvalue weighted by molar-refractivity contribution is 7.71. The fourth-order valence-corrected chi connectivity index (χ4v) is 2.71. The first-order valence-corrected chi connectivity index (χ1v) is 8.22.